The Bertz CT molecular complexity index is 366. The van der Waals surface area contributed by atoms with Crippen LogP contribution in [0, 0.1) is 11.3 Å². The summed E-state index contributed by atoms with van der Waals surface area (Å²) in [5, 5.41) is 8.69. The molecule has 0 aromatic carbocycles. The summed E-state index contributed by atoms with van der Waals surface area (Å²) in [6.45, 7) is 0.710. The minimum Gasteiger partial charge on any atom is -0.495 e. The average Bonchev–Trinajstić information content (AvgIpc) is 3.00. The fourth-order valence-corrected chi connectivity index (χ4v) is 1.10. The van der Waals surface area contributed by atoms with Crippen LogP contribution < -0.4 is 4.74 Å². The zero-order valence-electron chi connectivity index (χ0n) is 7.15. The highest BCUT2D eigenvalue weighted by Crippen LogP contribution is 2.30. The van der Waals surface area contributed by atoms with E-state index in [1.807, 2.05) is 6.07 Å². The Morgan fingerprint density at radius 2 is 2.54 bits per heavy atom. The summed E-state index contributed by atoms with van der Waals surface area (Å²) in [6.07, 6.45) is 1.61. The first-order chi connectivity index (χ1) is 6.35. The smallest absolute Gasteiger partial charge is 0.140 e. The Balaban J connectivity index is 2.38. The lowest BCUT2D eigenvalue weighted by atomic mass is 10.2. The molecule has 66 valence electrons. The van der Waals surface area contributed by atoms with E-state index in [4.69, 9.17) is 14.7 Å². The molecule has 1 aromatic heterocycles. The first kappa shape index (κ1) is 8.02. The quantitative estimate of drug-likeness (QED) is 0.631. The number of aromatic nitrogens is 1. The van der Waals surface area contributed by atoms with Gasteiger partial charge in [0.25, 0.3) is 0 Å². The van der Waals surface area contributed by atoms with E-state index in [0.717, 1.165) is 5.69 Å². The SMILES string of the molecule is COc1cc([C@H]2CO2)ncc1C#N. The molecule has 0 amide bonds. The van der Waals surface area contributed by atoms with Crippen LogP contribution >= 0.6 is 0 Å². The molecule has 0 saturated carbocycles. The molecule has 1 aliphatic heterocycles. The number of rotatable bonds is 2. The zero-order chi connectivity index (χ0) is 9.26. The van der Waals surface area contributed by atoms with Gasteiger partial charge in [-0.2, -0.15) is 5.26 Å². The lowest BCUT2D eigenvalue weighted by molar-refractivity contribution is 0.400. The largest absolute Gasteiger partial charge is 0.495 e. The second-order valence-electron chi connectivity index (χ2n) is 2.74. The van der Waals surface area contributed by atoms with Gasteiger partial charge in [0.2, 0.25) is 0 Å². The molecule has 4 heteroatoms. The van der Waals surface area contributed by atoms with E-state index in [1.165, 1.54) is 13.3 Å². The fourth-order valence-electron chi connectivity index (χ4n) is 1.10. The summed E-state index contributed by atoms with van der Waals surface area (Å²) in [5.74, 6) is 0.558. The molecule has 0 bridgehead atoms. The summed E-state index contributed by atoms with van der Waals surface area (Å²) >= 11 is 0. The second kappa shape index (κ2) is 3.04. The van der Waals surface area contributed by atoms with Crippen LogP contribution in [0.4, 0.5) is 0 Å². The minimum absolute atomic E-state index is 0.0987. The highest BCUT2D eigenvalue weighted by atomic mass is 16.6. The highest BCUT2D eigenvalue weighted by Gasteiger charge is 2.27. The molecule has 1 fully saturated rings. The van der Waals surface area contributed by atoms with Crippen molar-refractivity contribution in [1.29, 1.82) is 5.26 Å². The molecular weight excluding hydrogens is 168 g/mol. The van der Waals surface area contributed by atoms with E-state index in [-0.39, 0.29) is 6.10 Å². The Kier molecular flexibility index (Phi) is 1.87. The van der Waals surface area contributed by atoms with Crippen molar-refractivity contribution < 1.29 is 9.47 Å². The van der Waals surface area contributed by atoms with E-state index < -0.39 is 0 Å². The van der Waals surface area contributed by atoms with Crippen molar-refractivity contribution in [2.75, 3.05) is 13.7 Å². The van der Waals surface area contributed by atoms with Crippen molar-refractivity contribution in [3.05, 3.63) is 23.5 Å². The standard InChI is InChI=1S/C9H8N2O2/c1-12-8-2-7(9-5-13-9)11-4-6(8)3-10/h2,4,9H,5H2,1H3/t9-/m1/s1. The molecule has 2 rings (SSSR count). The highest BCUT2D eigenvalue weighted by molar-refractivity contribution is 5.42. The molecule has 1 atom stereocenters. The predicted octanol–water partition coefficient (Wildman–Crippen LogP) is 1.03. The summed E-state index contributed by atoms with van der Waals surface area (Å²) in [4.78, 5) is 4.09. The monoisotopic (exact) mass is 176 g/mol. The summed E-state index contributed by atoms with van der Waals surface area (Å²) in [6, 6.07) is 3.75. The van der Waals surface area contributed by atoms with Gasteiger partial charge >= 0.3 is 0 Å². The van der Waals surface area contributed by atoms with Crippen molar-refractivity contribution >= 4 is 0 Å². The molecule has 4 nitrogen and oxygen atoms in total. The number of methoxy groups -OCH3 is 1. The van der Waals surface area contributed by atoms with Crippen molar-refractivity contribution in [1.82, 2.24) is 4.98 Å². The Labute approximate surface area is 75.7 Å². The molecule has 1 saturated heterocycles. The van der Waals surface area contributed by atoms with Gasteiger partial charge in [0.1, 0.15) is 23.5 Å². The summed E-state index contributed by atoms with van der Waals surface area (Å²) in [5.41, 5.74) is 1.28. The normalized spacial score (nSPS) is 19.2. The molecule has 0 N–H and O–H groups in total. The second-order valence-corrected chi connectivity index (χ2v) is 2.74. The lowest BCUT2D eigenvalue weighted by Gasteiger charge is -2.02. The third kappa shape index (κ3) is 1.46. The molecule has 1 aromatic rings. The van der Waals surface area contributed by atoms with E-state index in [2.05, 4.69) is 4.98 Å². The topological polar surface area (TPSA) is 58.4 Å². The van der Waals surface area contributed by atoms with Crippen LogP contribution in [0.25, 0.3) is 0 Å². The van der Waals surface area contributed by atoms with E-state index >= 15 is 0 Å². The van der Waals surface area contributed by atoms with Crippen LogP contribution in [0.1, 0.15) is 17.4 Å². The van der Waals surface area contributed by atoms with Crippen LogP contribution in [-0.2, 0) is 4.74 Å². The van der Waals surface area contributed by atoms with Crippen molar-refractivity contribution in [3.8, 4) is 11.8 Å². The van der Waals surface area contributed by atoms with Gasteiger partial charge in [-0.3, -0.25) is 4.98 Å². The van der Waals surface area contributed by atoms with Gasteiger partial charge in [0.05, 0.1) is 19.4 Å². The molecule has 0 unspecified atom stereocenters. The van der Waals surface area contributed by atoms with Gasteiger partial charge in [0, 0.05) is 12.3 Å². The maximum Gasteiger partial charge on any atom is 0.140 e. The number of ether oxygens (including phenoxy) is 2. The summed E-state index contributed by atoms with van der Waals surface area (Å²) < 4.78 is 10.1. The Morgan fingerprint density at radius 3 is 3.08 bits per heavy atom. The first-order valence-electron chi connectivity index (χ1n) is 3.91. The van der Waals surface area contributed by atoms with Crippen LogP contribution in [0.5, 0.6) is 5.75 Å². The fraction of sp³-hybridized carbons (Fsp3) is 0.333. The molecular formula is C9H8N2O2. The number of hydrogen-bond acceptors (Lipinski definition) is 4. The number of nitriles is 1. The molecule has 0 aliphatic carbocycles. The lowest BCUT2D eigenvalue weighted by Crippen LogP contribution is -1.93. The summed E-state index contributed by atoms with van der Waals surface area (Å²) in [7, 11) is 1.54. The van der Waals surface area contributed by atoms with Gasteiger partial charge in [-0.1, -0.05) is 0 Å². The average molecular weight is 176 g/mol. The Morgan fingerprint density at radius 1 is 1.77 bits per heavy atom. The van der Waals surface area contributed by atoms with E-state index in [0.29, 0.717) is 17.9 Å². The van der Waals surface area contributed by atoms with Gasteiger partial charge in [-0.25, -0.2) is 0 Å². The number of nitrogens with zero attached hydrogens (tertiary/aromatic N) is 2. The predicted molar refractivity (Wildman–Crippen MR) is 44.2 cm³/mol. The van der Waals surface area contributed by atoms with Crippen LogP contribution in [0.3, 0.4) is 0 Å². The van der Waals surface area contributed by atoms with Crippen LogP contribution in [0.2, 0.25) is 0 Å². The van der Waals surface area contributed by atoms with Gasteiger partial charge < -0.3 is 9.47 Å². The molecule has 13 heavy (non-hydrogen) atoms. The van der Waals surface area contributed by atoms with Crippen molar-refractivity contribution in [2.24, 2.45) is 0 Å². The number of pyridine rings is 1. The number of hydrogen-bond donors (Lipinski definition) is 0. The van der Waals surface area contributed by atoms with Crippen molar-refractivity contribution in [3.63, 3.8) is 0 Å². The first-order valence-corrected chi connectivity index (χ1v) is 3.91. The molecule has 1 aliphatic rings. The maximum absolute atomic E-state index is 8.69. The molecule has 0 spiro atoms. The van der Waals surface area contributed by atoms with Gasteiger partial charge in [-0.05, 0) is 0 Å². The number of epoxide rings is 1. The van der Waals surface area contributed by atoms with Gasteiger partial charge in [0.15, 0.2) is 0 Å². The third-order valence-electron chi connectivity index (χ3n) is 1.89. The van der Waals surface area contributed by atoms with Crippen molar-refractivity contribution in [2.45, 2.75) is 6.10 Å². The maximum atomic E-state index is 8.69. The van der Waals surface area contributed by atoms with Gasteiger partial charge in [-0.15, -0.1) is 0 Å². The Hall–Kier alpha value is -1.60. The molecule has 0 radical (unpaired) electrons. The van der Waals surface area contributed by atoms with Crippen LogP contribution in [-0.4, -0.2) is 18.7 Å². The third-order valence-corrected chi connectivity index (χ3v) is 1.89. The van der Waals surface area contributed by atoms with E-state index in [1.54, 1.807) is 6.07 Å². The zero-order valence-corrected chi connectivity index (χ0v) is 7.15. The van der Waals surface area contributed by atoms with E-state index in [9.17, 15) is 0 Å². The minimum atomic E-state index is 0.0987. The molecule has 2 heterocycles. The van der Waals surface area contributed by atoms with Crippen LogP contribution in [0.15, 0.2) is 12.3 Å².